The highest BCUT2D eigenvalue weighted by molar-refractivity contribution is 4.86. The predicted octanol–water partition coefficient (Wildman–Crippen LogP) is -0.0289. The van der Waals surface area contributed by atoms with Crippen molar-refractivity contribution < 1.29 is 0 Å². The van der Waals surface area contributed by atoms with Crippen LogP contribution in [0.2, 0.25) is 0 Å². The van der Waals surface area contributed by atoms with Crippen molar-refractivity contribution >= 4 is 0 Å². The summed E-state index contributed by atoms with van der Waals surface area (Å²) < 4.78 is 0. The van der Waals surface area contributed by atoms with E-state index in [1.54, 1.807) is 0 Å². The van der Waals surface area contributed by atoms with Gasteiger partial charge in [-0.1, -0.05) is 0 Å². The van der Waals surface area contributed by atoms with Gasteiger partial charge in [-0.3, -0.25) is 4.90 Å². The first-order chi connectivity index (χ1) is 6.29. The summed E-state index contributed by atoms with van der Waals surface area (Å²) in [6, 6.07) is 0.611. The molecule has 2 N–H and O–H groups in total. The maximum Gasteiger partial charge on any atom is 0.0346 e. The van der Waals surface area contributed by atoms with Gasteiger partial charge in [-0.15, -0.1) is 0 Å². The smallest absolute Gasteiger partial charge is 0.0346 e. The van der Waals surface area contributed by atoms with Crippen LogP contribution in [0.15, 0.2) is 0 Å². The van der Waals surface area contributed by atoms with Crippen molar-refractivity contribution in [1.29, 1.82) is 0 Å². The SMILES string of the molecule is CN1CCN(CC2CC2)C(CN)C1. The van der Waals surface area contributed by atoms with Crippen LogP contribution in [0.5, 0.6) is 0 Å². The fraction of sp³-hybridized carbons (Fsp3) is 1.00. The molecule has 1 saturated heterocycles. The topological polar surface area (TPSA) is 32.5 Å². The standard InChI is InChI=1S/C10H21N3/c1-12-4-5-13(7-9-2-3-9)10(6-11)8-12/h9-10H,2-8,11H2,1H3. The maximum atomic E-state index is 5.78. The van der Waals surface area contributed by atoms with E-state index in [0.717, 1.165) is 19.0 Å². The summed E-state index contributed by atoms with van der Waals surface area (Å²) in [5.41, 5.74) is 5.78. The van der Waals surface area contributed by atoms with Crippen LogP contribution in [0, 0.1) is 5.92 Å². The first kappa shape index (κ1) is 9.44. The largest absolute Gasteiger partial charge is 0.329 e. The highest BCUT2D eigenvalue weighted by Gasteiger charge is 2.30. The average molecular weight is 183 g/mol. The van der Waals surface area contributed by atoms with Gasteiger partial charge in [0.05, 0.1) is 0 Å². The molecule has 1 saturated carbocycles. The molecule has 0 bridgehead atoms. The summed E-state index contributed by atoms with van der Waals surface area (Å²) in [6.45, 7) is 5.70. The van der Waals surface area contributed by atoms with E-state index in [9.17, 15) is 0 Å². The lowest BCUT2D eigenvalue weighted by atomic mass is 10.1. The minimum Gasteiger partial charge on any atom is -0.329 e. The minimum atomic E-state index is 0.611. The van der Waals surface area contributed by atoms with Crippen LogP contribution in [0.4, 0.5) is 0 Å². The van der Waals surface area contributed by atoms with Gasteiger partial charge in [-0.25, -0.2) is 0 Å². The molecule has 13 heavy (non-hydrogen) atoms. The second kappa shape index (κ2) is 3.95. The lowest BCUT2D eigenvalue weighted by Gasteiger charge is -2.39. The van der Waals surface area contributed by atoms with E-state index in [4.69, 9.17) is 5.73 Å². The number of rotatable bonds is 3. The van der Waals surface area contributed by atoms with Gasteiger partial charge in [0.15, 0.2) is 0 Å². The van der Waals surface area contributed by atoms with Crippen LogP contribution in [0.1, 0.15) is 12.8 Å². The van der Waals surface area contributed by atoms with Gasteiger partial charge in [0.2, 0.25) is 0 Å². The molecule has 1 heterocycles. The monoisotopic (exact) mass is 183 g/mol. The van der Waals surface area contributed by atoms with Gasteiger partial charge in [-0.2, -0.15) is 0 Å². The number of piperazine rings is 1. The number of nitrogens with two attached hydrogens (primary N) is 1. The molecule has 0 radical (unpaired) electrons. The van der Waals surface area contributed by atoms with E-state index >= 15 is 0 Å². The van der Waals surface area contributed by atoms with Crippen molar-refractivity contribution in [2.45, 2.75) is 18.9 Å². The normalized spacial score (nSPS) is 32.3. The third kappa shape index (κ3) is 2.42. The maximum absolute atomic E-state index is 5.78. The second-order valence-electron chi connectivity index (χ2n) is 4.59. The van der Waals surface area contributed by atoms with Crippen LogP contribution in [0.25, 0.3) is 0 Å². The number of hydrogen-bond acceptors (Lipinski definition) is 3. The lowest BCUT2D eigenvalue weighted by molar-refractivity contribution is 0.0902. The Hall–Kier alpha value is -0.120. The molecule has 1 atom stereocenters. The Morgan fingerprint density at radius 1 is 1.31 bits per heavy atom. The summed E-state index contributed by atoms with van der Waals surface area (Å²) in [5, 5.41) is 0. The third-order valence-electron chi connectivity index (χ3n) is 3.27. The highest BCUT2D eigenvalue weighted by Crippen LogP contribution is 2.30. The van der Waals surface area contributed by atoms with Crippen molar-refractivity contribution in [3.8, 4) is 0 Å². The van der Waals surface area contributed by atoms with Gasteiger partial charge in [0, 0.05) is 38.8 Å². The Bertz CT molecular complexity index is 168. The van der Waals surface area contributed by atoms with Crippen LogP contribution >= 0.6 is 0 Å². The van der Waals surface area contributed by atoms with Crippen molar-refractivity contribution in [1.82, 2.24) is 9.80 Å². The van der Waals surface area contributed by atoms with E-state index in [-0.39, 0.29) is 0 Å². The van der Waals surface area contributed by atoms with Crippen LogP contribution in [-0.2, 0) is 0 Å². The number of hydrogen-bond donors (Lipinski definition) is 1. The van der Waals surface area contributed by atoms with E-state index < -0.39 is 0 Å². The second-order valence-corrected chi connectivity index (χ2v) is 4.59. The van der Waals surface area contributed by atoms with Gasteiger partial charge < -0.3 is 10.6 Å². The van der Waals surface area contributed by atoms with Crippen LogP contribution in [-0.4, -0.2) is 55.6 Å². The van der Waals surface area contributed by atoms with Crippen LogP contribution < -0.4 is 5.73 Å². The zero-order valence-electron chi connectivity index (χ0n) is 8.58. The molecule has 1 unspecified atom stereocenters. The quantitative estimate of drug-likeness (QED) is 0.667. The summed E-state index contributed by atoms with van der Waals surface area (Å²) in [7, 11) is 2.19. The lowest BCUT2D eigenvalue weighted by Crippen LogP contribution is -2.55. The highest BCUT2D eigenvalue weighted by atomic mass is 15.3. The summed E-state index contributed by atoms with van der Waals surface area (Å²) >= 11 is 0. The van der Waals surface area contributed by atoms with E-state index in [0.29, 0.717) is 6.04 Å². The van der Waals surface area contributed by atoms with Crippen LogP contribution in [0.3, 0.4) is 0 Å². The minimum absolute atomic E-state index is 0.611. The molecule has 0 aromatic carbocycles. The Morgan fingerprint density at radius 3 is 2.69 bits per heavy atom. The van der Waals surface area contributed by atoms with Gasteiger partial charge in [0.25, 0.3) is 0 Å². The Kier molecular flexibility index (Phi) is 2.86. The molecule has 2 rings (SSSR count). The average Bonchev–Trinajstić information content (AvgIpc) is 2.92. The molecule has 1 aliphatic heterocycles. The molecular weight excluding hydrogens is 162 g/mol. The summed E-state index contributed by atoms with van der Waals surface area (Å²) in [5.74, 6) is 0.998. The van der Waals surface area contributed by atoms with Crippen molar-refractivity contribution in [3.63, 3.8) is 0 Å². The Labute approximate surface area is 80.9 Å². The van der Waals surface area contributed by atoms with E-state index in [1.807, 2.05) is 0 Å². The van der Waals surface area contributed by atoms with Crippen molar-refractivity contribution in [3.05, 3.63) is 0 Å². The van der Waals surface area contributed by atoms with Crippen molar-refractivity contribution in [2.24, 2.45) is 11.7 Å². The van der Waals surface area contributed by atoms with Gasteiger partial charge >= 0.3 is 0 Å². The van der Waals surface area contributed by atoms with E-state index in [2.05, 4.69) is 16.8 Å². The molecule has 2 aliphatic rings. The van der Waals surface area contributed by atoms with Crippen molar-refractivity contribution in [2.75, 3.05) is 39.8 Å². The first-order valence-electron chi connectivity index (χ1n) is 5.42. The summed E-state index contributed by atoms with van der Waals surface area (Å²) in [6.07, 6.45) is 2.90. The Morgan fingerprint density at radius 2 is 2.08 bits per heavy atom. The fourth-order valence-corrected chi connectivity index (χ4v) is 2.14. The van der Waals surface area contributed by atoms with Gasteiger partial charge in [-0.05, 0) is 25.8 Å². The molecule has 3 nitrogen and oxygen atoms in total. The zero-order chi connectivity index (χ0) is 9.26. The molecule has 1 aliphatic carbocycles. The molecule has 2 fully saturated rings. The zero-order valence-corrected chi connectivity index (χ0v) is 8.58. The molecule has 0 spiro atoms. The van der Waals surface area contributed by atoms with Gasteiger partial charge in [0.1, 0.15) is 0 Å². The van der Waals surface area contributed by atoms with E-state index in [1.165, 1.54) is 32.5 Å². The first-order valence-corrected chi connectivity index (χ1v) is 5.42. The Balaban J connectivity index is 1.84. The molecule has 76 valence electrons. The molecule has 3 heteroatoms. The summed E-state index contributed by atoms with van der Waals surface area (Å²) in [4.78, 5) is 4.98. The molecule has 0 amide bonds. The predicted molar refractivity (Wildman–Crippen MR) is 54.6 cm³/mol. The number of likely N-dealkylation sites (N-methyl/N-ethyl adjacent to an activating group) is 1. The number of nitrogens with zero attached hydrogens (tertiary/aromatic N) is 2. The molecule has 0 aromatic heterocycles. The third-order valence-corrected chi connectivity index (χ3v) is 3.27. The molecule has 0 aromatic rings. The molecular formula is C10H21N3. The fourth-order valence-electron chi connectivity index (χ4n) is 2.14.